The number of methoxy groups -OCH3 is 1. The van der Waals surface area contributed by atoms with Gasteiger partial charge in [0.1, 0.15) is 5.75 Å². The van der Waals surface area contributed by atoms with Crippen LogP contribution in [-0.2, 0) is 30.3 Å². The Bertz CT molecular complexity index is 1220. The van der Waals surface area contributed by atoms with E-state index in [0.717, 1.165) is 24.8 Å². The summed E-state index contributed by atoms with van der Waals surface area (Å²) in [7, 11) is 8.81. The van der Waals surface area contributed by atoms with Crippen LogP contribution in [0.5, 0.6) is 5.75 Å². The summed E-state index contributed by atoms with van der Waals surface area (Å²) >= 11 is 1.62. The molecule has 1 fully saturated rings. The molecule has 1 aromatic rings. The van der Waals surface area contributed by atoms with Gasteiger partial charge in [0.2, 0.25) is 23.6 Å². The Morgan fingerprint density at radius 3 is 2.33 bits per heavy atom. The summed E-state index contributed by atoms with van der Waals surface area (Å²) in [5, 5.41) is 12.5. The van der Waals surface area contributed by atoms with Gasteiger partial charge in [-0.1, -0.05) is 53.2 Å². The van der Waals surface area contributed by atoms with Crippen molar-refractivity contribution in [3.63, 3.8) is 0 Å². The van der Waals surface area contributed by atoms with Gasteiger partial charge in [0.05, 0.1) is 31.2 Å². The average molecular weight is 706 g/mol. The molecule has 0 radical (unpaired) electrons. The molecule has 11 nitrogen and oxygen atoms in total. The van der Waals surface area contributed by atoms with Crippen LogP contribution in [0.2, 0.25) is 0 Å². The van der Waals surface area contributed by atoms with Crippen molar-refractivity contribution < 1.29 is 29.0 Å². The number of nitrogens with one attached hydrogen (secondary N) is 1. The lowest BCUT2D eigenvalue weighted by Gasteiger charge is -2.39. The molecular formula is C37H63N5O6S. The fourth-order valence-electron chi connectivity index (χ4n) is 7.31. The van der Waals surface area contributed by atoms with E-state index in [1.54, 1.807) is 53.9 Å². The molecule has 0 aliphatic carbocycles. The largest absolute Gasteiger partial charge is 0.508 e. The van der Waals surface area contributed by atoms with Crippen molar-refractivity contribution in [1.82, 2.24) is 24.9 Å². The van der Waals surface area contributed by atoms with E-state index in [1.165, 1.54) is 0 Å². The molecule has 7 unspecified atom stereocenters. The zero-order chi connectivity index (χ0) is 37.0. The third-order valence-electron chi connectivity index (χ3n) is 10.2. The van der Waals surface area contributed by atoms with E-state index < -0.39 is 6.10 Å². The summed E-state index contributed by atoms with van der Waals surface area (Å²) in [5.74, 6) is -0.430. The summed E-state index contributed by atoms with van der Waals surface area (Å²) in [5.41, 5.74) is 0.964. The van der Waals surface area contributed by atoms with Crippen LogP contribution >= 0.6 is 11.8 Å². The number of phenolic OH excluding ortho intramolecular Hbond substituents is 1. The van der Waals surface area contributed by atoms with Crippen LogP contribution in [0, 0.1) is 17.8 Å². The molecule has 4 amide bonds. The molecule has 0 bridgehead atoms. The van der Waals surface area contributed by atoms with E-state index >= 15 is 0 Å². The molecule has 278 valence electrons. The highest BCUT2D eigenvalue weighted by Crippen LogP contribution is 2.33. The number of carbonyl (C=O) groups excluding carboxylic acids is 4. The minimum atomic E-state index is -0.547. The number of phenols is 1. The Balaban J connectivity index is 2.14. The Morgan fingerprint density at radius 1 is 1.10 bits per heavy atom. The number of benzene rings is 1. The monoisotopic (exact) mass is 705 g/mol. The number of amides is 4. The molecule has 1 aliphatic heterocycles. The molecule has 49 heavy (non-hydrogen) atoms. The van der Waals surface area contributed by atoms with Gasteiger partial charge in [0.25, 0.3) is 0 Å². The molecule has 1 heterocycles. The van der Waals surface area contributed by atoms with Crippen molar-refractivity contribution in [2.75, 3.05) is 61.2 Å². The molecule has 2 N–H and O–H groups in total. The SMILES string of the molecule is CCC(C)C(C(CC(=O)N1CCCC1C(SC)C(C)C(=O)N(C)CCc1cccc(O)c1)OC)N(C)C(=O)CNC(=O)C(C(C)C)N(C)C. The Labute approximate surface area is 299 Å². The van der Waals surface area contributed by atoms with Crippen molar-refractivity contribution in [1.29, 1.82) is 0 Å². The van der Waals surface area contributed by atoms with Gasteiger partial charge in [-0.15, -0.1) is 0 Å². The van der Waals surface area contributed by atoms with Gasteiger partial charge in [0, 0.05) is 51.5 Å². The number of ether oxygens (including phenoxy) is 1. The summed E-state index contributed by atoms with van der Waals surface area (Å²) in [6, 6.07) is 6.26. The minimum absolute atomic E-state index is 0.0305. The summed E-state index contributed by atoms with van der Waals surface area (Å²) in [6.45, 7) is 11.0. The number of hydrogen-bond donors (Lipinski definition) is 2. The van der Waals surface area contributed by atoms with Crippen LogP contribution in [-0.4, -0.2) is 139 Å². The maximum atomic E-state index is 14.0. The highest BCUT2D eigenvalue weighted by molar-refractivity contribution is 7.99. The Kier molecular flexibility index (Phi) is 17.4. The van der Waals surface area contributed by atoms with Gasteiger partial charge in [-0.05, 0) is 69.1 Å². The molecular weight excluding hydrogens is 643 g/mol. The molecule has 0 saturated carbocycles. The quantitative estimate of drug-likeness (QED) is 0.224. The van der Waals surface area contributed by atoms with Gasteiger partial charge in [-0.25, -0.2) is 0 Å². The van der Waals surface area contributed by atoms with Gasteiger partial charge in [0.15, 0.2) is 0 Å². The zero-order valence-electron chi connectivity index (χ0n) is 31.8. The molecule has 2 rings (SSSR count). The van der Waals surface area contributed by atoms with Crippen molar-refractivity contribution in [3.8, 4) is 5.75 Å². The molecule has 0 spiro atoms. The highest BCUT2D eigenvalue weighted by Gasteiger charge is 2.42. The van der Waals surface area contributed by atoms with Crippen LogP contribution < -0.4 is 5.32 Å². The highest BCUT2D eigenvalue weighted by atomic mass is 32.2. The molecule has 7 atom stereocenters. The number of thioether (sulfide) groups is 1. The van der Waals surface area contributed by atoms with Gasteiger partial charge in [-0.3, -0.25) is 24.1 Å². The van der Waals surface area contributed by atoms with Crippen molar-refractivity contribution in [2.45, 2.75) is 96.2 Å². The molecule has 1 aromatic carbocycles. The molecule has 1 aliphatic rings. The fraction of sp³-hybridized carbons (Fsp3) is 0.730. The number of likely N-dealkylation sites (N-methyl/N-ethyl adjacent to an activating group) is 3. The number of aromatic hydroxyl groups is 1. The van der Waals surface area contributed by atoms with E-state index in [0.29, 0.717) is 19.5 Å². The zero-order valence-corrected chi connectivity index (χ0v) is 32.6. The van der Waals surface area contributed by atoms with Crippen LogP contribution in [0.4, 0.5) is 0 Å². The first-order chi connectivity index (χ1) is 23.1. The van der Waals surface area contributed by atoms with Crippen LogP contribution in [0.15, 0.2) is 24.3 Å². The van der Waals surface area contributed by atoms with Crippen LogP contribution in [0.1, 0.15) is 65.9 Å². The second-order valence-corrected chi connectivity index (χ2v) is 15.2. The van der Waals surface area contributed by atoms with Gasteiger partial charge in [-0.2, -0.15) is 11.8 Å². The topological polar surface area (TPSA) is 123 Å². The predicted octanol–water partition coefficient (Wildman–Crippen LogP) is 3.73. The lowest BCUT2D eigenvalue weighted by Crippen LogP contribution is -2.55. The van der Waals surface area contributed by atoms with Crippen molar-refractivity contribution in [3.05, 3.63) is 29.8 Å². The maximum Gasteiger partial charge on any atom is 0.242 e. The third-order valence-corrected chi connectivity index (χ3v) is 11.4. The van der Waals surface area contributed by atoms with Crippen LogP contribution in [0.3, 0.4) is 0 Å². The predicted molar refractivity (Wildman–Crippen MR) is 197 cm³/mol. The smallest absolute Gasteiger partial charge is 0.242 e. The number of rotatable bonds is 19. The standard InChI is InChI=1S/C37H63N5O6S/c1-12-25(4)34(41(9)32(45)23-38-36(46)33(24(2)3)39(6)7)30(48-10)22-31(44)42-19-14-17-29(42)35(49-11)26(5)37(47)40(8)20-18-27-15-13-16-28(43)21-27/h13,15-16,21,24-26,29-30,33-35,43H,12,14,17-20,22-23H2,1-11H3,(H,38,46). The maximum absolute atomic E-state index is 14.0. The van der Waals surface area contributed by atoms with E-state index in [1.807, 2.05) is 64.0 Å². The summed E-state index contributed by atoms with van der Waals surface area (Å²) < 4.78 is 5.96. The first kappa shape index (κ1) is 42.3. The fourth-order valence-corrected chi connectivity index (χ4v) is 8.43. The van der Waals surface area contributed by atoms with Crippen molar-refractivity contribution in [2.24, 2.45) is 17.8 Å². The number of hydrogen-bond acceptors (Lipinski definition) is 8. The van der Waals surface area contributed by atoms with Gasteiger partial charge < -0.3 is 29.9 Å². The minimum Gasteiger partial charge on any atom is -0.508 e. The van der Waals surface area contributed by atoms with Crippen molar-refractivity contribution >= 4 is 35.4 Å². The van der Waals surface area contributed by atoms with E-state index in [4.69, 9.17) is 4.74 Å². The number of likely N-dealkylation sites (tertiary alicyclic amines) is 1. The number of carbonyl (C=O) groups is 4. The second kappa shape index (κ2) is 20.1. The molecule has 12 heteroatoms. The molecule has 0 aromatic heterocycles. The average Bonchev–Trinajstić information content (AvgIpc) is 3.54. The third kappa shape index (κ3) is 11.6. The summed E-state index contributed by atoms with van der Waals surface area (Å²) in [6.07, 6.45) is 4.64. The lowest BCUT2D eigenvalue weighted by atomic mass is 9.90. The lowest BCUT2D eigenvalue weighted by molar-refractivity contribution is -0.143. The first-order valence-corrected chi connectivity index (χ1v) is 19.0. The van der Waals surface area contributed by atoms with E-state index in [-0.39, 0.29) is 83.5 Å². The normalized spacial score (nSPS) is 18.5. The van der Waals surface area contributed by atoms with E-state index in [2.05, 4.69) is 19.2 Å². The van der Waals surface area contributed by atoms with Crippen LogP contribution in [0.25, 0.3) is 0 Å². The Morgan fingerprint density at radius 2 is 1.78 bits per heavy atom. The van der Waals surface area contributed by atoms with E-state index in [9.17, 15) is 24.3 Å². The number of nitrogens with zero attached hydrogens (tertiary/aromatic N) is 4. The second-order valence-electron chi connectivity index (χ2n) is 14.2. The molecule has 1 saturated heterocycles. The first-order valence-electron chi connectivity index (χ1n) is 17.7. The summed E-state index contributed by atoms with van der Waals surface area (Å²) in [4.78, 5) is 61.1. The van der Waals surface area contributed by atoms with Gasteiger partial charge >= 0.3 is 0 Å². The Hall–Kier alpha value is -2.83.